The first-order valence-corrected chi connectivity index (χ1v) is 3.06. The summed E-state index contributed by atoms with van der Waals surface area (Å²) < 4.78 is 11.9. The number of rotatable bonds is 1. The lowest BCUT2D eigenvalue weighted by atomic mass is 10.4. The summed E-state index contributed by atoms with van der Waals surface area (Å²) >= 11 is 0. The van der Waals surface area contributed by atoms with E-state index in [4.69, 9.17) is 10.1 Å². The first kappa shape index (κ1) is 10.3. The van der Waals surface area contributed by atoms with Crippen LogP contribution in [0.1, 0.15) is 0 Å². The van der Waals surface area contributed by atoms with E-state index in [1.165, 1.54) is 12.1 Å². The fourth-order valence-electron chi connectivity index (χ4n) is 0.415. The lowest BCUT2D eigenvalue weighted by Crippen LogP contribution is -1.91. The SMILES string of the molecule is CO[N+](=O)[O-].Fc1ccccc1. The van der Waals surface area contributed by atoms with E-state index in [2.05, 4.69) is 4.84 Å². The Labute approximate surface area is 68.7 Å². The summed E-state index contributed by atoms with van der Waals surface area (Å²) in [6.07, 6.45) is 0. The molecule has 0 saturated carbocycles. The van der Waals surface area contributed by atoms with E-state index in [1.54, 1.807) is 18.2 Å². The molecule has 0 bridgehead atoms. The minimum atomic E-state index is -0.875. The lowest BCUT2D eigenvalue weighted by molar-refractivity contribution is -0.749. The highest BCUT2D eigenvalue weighted by atomic mass is 19.1. The lowest BCUT2D eigenvalue weighted by Gasteiger charge is -1.78. The first-order valence-electron chi connectivity index (χ1n) is 3.06. The van der Waals surface area contributed by atoms with E-state index in [-0.39, 0.29) is 5.82 Å². The van der Waals surface area contributed by atoms with Gasteiger partial charge in [0.15, 0.2) is 0 Å². The van der Waals surface area contributed by atoms with E-state index >= 15 is 0 Å². The average molecular weight is 173 g/mol. The van der Waals surface area contributed by atoms with Crippen LogP contribution in [0.2, 0.25) is 0 Å². The molecule has 66 valence electrons. The molecule has 0 aromatic heterocycles. The van der Waals surface area contributed by atoms with Gasteiger partial charge in [-0.05, 0) is 12.1 Å². The monoisotopic (exact) mass is 173 g/mol. The topological polar surface area (TPSA) is 52.4 Å². The van der Waals surface area contributed by atoms with Gasteiger partial charge in [0.05, 0.1) is 7.11 Å². The fourth-order valence-corrected chi connectivity index (χ4v) is 0.415. The smallest absolute Gasteiger partial charge is 0.294 e. The van der Waals surface area contributed by atoms with Gasteiger partial charge in [-0.15, -0.1) is 10.1 Å². The highest BCUT2D eigenvalue weighted by Crippen LogP contribution is 1.91. The number of nitrogens with zero attached hydrogens (tertiary/aromatic N) is 1. The van der Waals surface area contributed by atoms with Crippen molar-refractivity contribution < 1.29 is 14.3 Å². The maximum Gasteiger partial charge on any atom is 0.294 e. The van der Waals surface area contributed by atoms with Crippen LogP contribution in [-0.4, -0.2) is 12.2 Å². The summed E-state index contributed by atoms with van der Waals surface area (Å²) in [5.74, 6) is -0.178. The molecule has 0 unspecified atom stereocenters. The van der Waals surface area contributed by atoms with Crippen molar-refractivity contribution in [3.05, 3.63) is 46.3 Å². The van der Waals surface area contributed by atoms with Crippen molar-refractivity contribution in [1.29, 1.82) is 0 Å². The summed E-state index contributed by atoms with van der Waals surface area (Å²) in [7, 11) is 1.00. The highest BCUT2D eigenvalue weighted by Gasteiger charge is 1.77. The van der Waals surface area contributed by atoms with Gasteiger partial charge in [-0.1, -0.05) is 18.2 Å². The molecule has 0 amide bonds. The Balaban J connectivity index is 0.000000217. The van der Waals surface area contributed by atoms with Crippen molar-refractivity contribution in [2.24, 2.45) is 0 Å². The molecule has 0 heterocycles. The van der Waals surface area contributed by atoms with Gasteiger partial charge < -0.3 is 4.84 Å². The van der Waals surface area contributed by atoms with Crippen LogP contribution in [0, 0.1) is 15.9 Å². The van der Waals surface area contributed by atoms with Crippen LogP contribution in [0.4, 0.5) is 4.39 Å². The Morgan fingerprint density at radius 3 is 2.00 bits per heavy atom. The molecule has 0 aliphatic heterocycles. The standard InChI is InChI=1S/C6H5F.CH3NO3/c7-6-4-2-1-3-5-6;1-5-2(3)4/h1-5H;1H3. The summed E-state index contributed by atoms with van der Waals surface area (Å²) in [5.41, 5.74) is 0. The van der Waals surface area contributed by atoms with Crippen LogP contribution in [0.25, 0.3) is 0 Å². The molecule has 0 radical (unpaired) electrons. The molecule has 0 N–H and O–H groups in total. The second kappa shape index (κ2) is 6.09. The van der Waals surface area contributed by atoms with Crippen LogP contribution in [0.3, 0.4) is 0 Å². The van der Waals surface area contributed by atoms with Crippen molar-refractivity contribution >= 4 is 0 Å². The fraction of sp³-hybridized carbons (Fsp3) is 0.143. The van der Waals surface area contributed by atoms with Crippen LogP contribution in [0.15, 0.2) is 30.3 Å². The van der Waals surface area contributed by atoms with E-state index in [1.807, 2.05) is 0 Å². The van der Waals surface area contributed by atoms with Crippen molar-refractivity contribution in [1.82, 2.24) is 0 Å². The average Bonchev–Trinajstić information content (AvgIpc) is 2.07. The Bertz CT molecular complexity index is 227. The molecule has 0 saturated heterocycles. The second-order valence-electron chi connectivity index (χ2n) is 1.70. The number of halogens is 1. The van der Waals surface area contributed by atoms with Crippen LogP contribution in [-0.2, 0) is 4.84 Å². The highest BCUT2D eigenvalue weighted by molar-refractivity contribution is 5.02. The molecule has 12 heavy (non-hydrogen) atoms. The minimum absolute atomic E-state index is 0.178. The Morgan fingerprint density at radius 1 is 1.42 bits per heavy atom. The van der Waals surface area contributed by atoms with Crippen molar-refractivity contribution in [2.45, 2.75) is 0 Å². The van der Waals surface area contributed by atoms with Crippen LogP contribution < -0.4 is 0 Å². The molecule has 1 aromatic carbocycles. The molecule has 0 atom stereocenters. The molecule has 0 fully saturated rings. The van der Waals surface area contributed by atoms with Gasteiger partial charge in [0.1, 0.15) is 5.82 Å². The van der Waals surface area contributed by atoms with Crippen LogP contribution >= 0.6 is 0 Å². The van der Waals surface area contributed by atoms with Gasteiger partial charge in [0.25, 0.3) is 5.09 Å². The summed E-state index contributed by atoms with van der Waals surface area (Å²) in [6.45, 7) is 0. The van der Waals surface area contributed by atoms with Gasteiger partial charge in [-0.2, -0.15) is 0 Å². The van der Waals surface area contributed by atoms with E-state index < -0.39 is 5.09 Å². The molecule has 1 rings (SSSR count). The Hall–Kier alpha value is -1.65. The van der Waals surface area contributed by atoms with E-state index in [0.717, 1.165) is 7.11 Å². The summed E-state index contributed by atoms with van der Waals surface area (Å²) in [4.78, 5) is 12.4. The first-order chi connectivity index (χ1) is 5.66. The van der Waals surface area contributed by atoms with Gasteiger partial charge >= 0.3 is 0 Å². The van der Waals surface area contributed by atoms with Crippen LogP contribution in [0.5, 0.6) is 0 Å². The van der Waals surface area contributed by atoms with Crippen molar-refractivity contribution in [3.63, 3.8) is 0 Å². The summed E-state index contributed by atoms with van der Waals surface area (Å²) in [5, 5.41) is 8.08. The van der Waals surface area contributed by atoms with Gasteiger partial charge in [0, 0.05) is 0 Å². The second-order valence-corrected chi connectivity index (χ2v) is 1.70. The quantitative estimate of drug-likeness (QED) is 0.479. The maximum atomic E-state index is 11.9. The maximum absolute atomic E-state index is 11.9. The van der Waals surface area contributed by atoms with Gasteiger partial charge in [-0.25, -0.2) is 4.39 Å². The van der Waals surface area contributed by atoms with Gasteiger partial charge in [-0.3, -0.25) is 0 Å². The molecule has 0 spiro atoms. The zero-order valence-corrected chi connectivity index (χ0v) is 6.44. The normalized spacial score (nSPS) is 7.83. The number of hydrogen-bond acceptors (Lipinski definition) is 3. The zero-order chi connectivity index (χ0) is 9.40. The van der Waals surface area contributed by atoms with Crippen molar-refractivity contribution in [2.75, 3.05) is 7.11 Å². The molecule has 0 aliphatic carbocycles. The molecule has 5 heteroatoms. The number of hydrogen-bond donors (Lipinski definition) is 0. The molecule has 0 aliphatic rings. The van der Waals surface area contributed by atoms with Crippen molar-refractivity contribution in [3.8, 4) is 0 Å². The predicted molar refractivity (Wildman–Crippen MR) is 40.4 cm³/mol. The largest absolute Gasteiger partial charge is 0.317 e. The van der Waals surface area contributed by atoms with Gasteiger partial charge in [0.2, 0.25) is 0 Å². The third-order valence-corrected chi connectivity index (χ3v) is 0.882. The van der Waals surface area contributed by atoms with E-state index in [0.29, 0.717) is 0 Å². The van der Waals surface area contributed by atoms with E-state index in [9.17, 15) is 4.39 Å². The number of benzene rings is 1. The molecular weight excluding hydrogens is 165 g/mol. The predicted octanol–water partition coefficient (Wildman–Crippen LogP) is 1.65. The molecule has 1 aromatic rings. The Morgan fingerprint density at radius 2 is 1.83 bits per heavy atom. The third-order valence-electron chi connectivity index (χ3n) is 0.882. The zero-order valence-electron chi connectivity index (χ0n) is 6.44. The minimum Gasteiger partial charge on any atom is -0.317 e. The summed E-state index contributed by atoms with van der Waals surface area (Å²) in [6, 6.07) is 7.94. The Kier molecular flexibility index (Phi) is 5.25. The molecule has 4 nitrogen and oxygen atoms in total. The third kappa shape index (κ3) is 6.47. The molecular formula is C7H8FNO3.